The first kappa shape index (κ1) is 19.6. The van der Waals surface area contributed by atoms with E-state index in [1.54, 1.807) is 43.3 Å². The molecule has 0 aromatic heterocycles. The highest BCUT2D eigenvalue weighted by Gasteiger charge is 2.23. The average molecular weight is 382 g/mol. The van der Waals surface area contributed by atoms with Gasteiger partial charge in [-0.15, -0.1) is 0 Å². The molecule has 28 heavy (non-hydrogen) atoms. The van der Waals surface area contributed by atoms with Gasteiger partial charge in [0.25, 0.3) is 5.91 Å². The van der Waals surface area contributed by atoms with E-state index < -0.39 is 5.82 Å². The van der Waals surface area contributed by atoms with Crippen molar-refractivity contribution in [1.29, 1.82) is 0 Å². The predicted octanol–water partition coefficient (Wildman–Crippen LogP) is 3.62. The largest absolute Gasteiger partial charge is 0.494 e. The smallest absolute Gasteiger partial charge is 0.251 e. The Kier molecular flexibility index (Phi) is 6.09. The van der Waals surface area contributed by atoms with Crippen LogP contribution in [0.25, 0.3) is 6.08 Å². The number of carbonyl (C=O) groups excluding carboxylic acids is 2. The van der Waals surface area contributed by atoms with Crippen LogP contribution in [0.3, 0.4) is 0 Å². The van der Waals surface area contributed by atoms with Crippen LogP contribution in [0.5, 0.6) is 5.75 Å². The highest BCUT2D eigenvalue weighted by Crippen LogP contribution is 2.22. The van der Waals surface area contributed by atoms with Crippen LogP contribution in [0.15, 0.2) is 48.5 Å². The Labute approximate surface area is 163 Å². The van der Waals surface area contributed by atoms with Gasteiger partial charge in [0.2, 0.25) is 5.91 Å². The molecule has 0 aliphatic heterocycles. The summed E-state index contributed by atoms with van der Waals surface area (Å²) in [5.74, 6) is -0.672. The quantitative estimate of drug-likeness (QED) is 0.719. The lowest BCUT2D eigenvalue weighted by molar-refractivity contribution is -0.117. The lowest BCUT2D eigenvalue weighted by Gasteiger charge is -2.14. The van der Waals surface area contributed by atoms with E-state index in [4.69, 9.17) is 4.74 Å². The molecule has 6 heteroatoms. The number of ether oxygens (including phenoxy) is 1. The van der Waals surface area contributed by atoms with E-state index in [1.165, 1.54) is 25.3 Å². The molecule has 1 saturated carbocycles. The van der Waals surface area contributed by atoms with Gasteiger partial charge in [-0.2, -0.15) is 0 Å². The van der Waals surface area contributed by atoms with E-state index in [0.29, 0.717) is 17.2 Å². The van der Waals surface area contributed by atoms with E-state index in [2.05, 4.69) is 10.6 Å². The Morgan fingerprint density at radius 2 is 1.89 bits per heavy atom. The fraction of sp³-hybridized carbons (Fsp3) is 0.273. The van der Waals surface area contributed by atoms with Crippen molar-refractivity contribution >= 4 is 17.9 Å². The van der Waals surface area contributed by atoms with Crippen molar-refractivity contribution in [1.82, 2.24) is 10.6 Å². The highest BCUT2D eigenvalue weighted by molar-refractivity contribution is 5.95. The number of carbonyl (C=O) groups is 2. The SMILES string of the molecule is COc1ccc([C@H](C)NC(=O)/C=C/c2ccc(C(=O)NC3CC3)cc2)cc1F. The summed E-state index contributed by atoms with van der Waals surface area (Å²) in [6.45, 7) is 1.78. The minimum absolute atomic E-state index is 0.0729. The first-order valence-corrected chi connectivity index (χ1v) is 9.19. The summed E-state index contributed by atoms with van der Waals surface area (Å²) >= 11 is 0. The van der Waals surface area contributed by atoms with Crippen molar-refractivity contribution in [2.24, 2.45) is 0 Å². The van der Waals surface area contributed by atoms with Crippen LogP contribution in [0.2, 0.25) is 0 Å². The van der Waals surface area contributed by atoms with Crippen LogP contribution in [0.4, 0.5) is 4.39 Å². The maximum Gasteiger partial charge on any atom is 0.251 e. The van der Waals surface area contributed by atoms with Crippen LogP contribution >= 0.6 is 0 Å². The normalized spacial score (nSPS) is 14.5. The van der Waals surface area contributed by atoms with Crippen LogP contribution in [0, 0.1) is 5.82 Å². The molecule has 2 aromatic carbocycles. The third-order valence-corrected chi connectivity index (χ3v) is 4.55. The summed E-state index contributed by atoms with van der Waals surface area (Å²) in [5, 5.41) is 5.72. The van der Waals surface area contributed by atoms with Crippen molar-refractivity contribution in [3.63, 3.8) is 0 Å². The summed E-state index contributed by atoms with van der Waals surface area (Å²) < 4.78 is 18.7. The molecule has 0 heterocycles. The van der Waals surface area contributed by atoms with Gasteiger partial charge in [-0.05, 0) is 61.2 Å². The van der Waals surface area contributed by atoms with Gasteiger partial charge in [0.05, 0.1) is 13.2 Å². The molecular formula is C22H23FN2O3. The number of hydrogen-bond acceptors (Lipinski definition) is 3. The molecule has 0 unspecified atom stereocenters. The van der Waals surface area contributed by atoms with Crippen molar-refractivity contribution < 1.29 is 18.7 Å². The van der Waals surface area contributed by atoms with Gasteiger partial charge in [-0.1, -0.05) is 18.2 Å². The molecule has 2 amide bonds. The second-order valence-electron chi connectivity index (χ2n) is 6.83. The van der Waals surface area contributed by atoms with E-state index in [9.17, 15) is 14.0 Å². The Morgan fingerprint density at radius 3 is 2.50 bits per heavy atom. The van der Waals surface area contributed by atoms with Crippen molar-refractivity contribution in [2.45, 2.75) is 31.8 Å². The van der Waals surface area contributed by atoms with Crippen molar-refractivity contribution in [3.8, 4) is 5.75 Å². The van der Waals surface area contributed by atoms with Gasteiger partial charge in [0.15, 0.2) is 11.6 Å². The first-order valence-electron chi connectivity index (χ1n) is 9.19. The van der Waals surface area contributed by atoms with E-state index in [0.717, 1.165) is 18.4 Å². The number of hydrogen-bond donors (Lipinski definition) is 2. The van der Waals surface area contributed by atoms with Gasteiger partial charge in [-0.3, -0.25) is 9.59 Å². The van der Waals surface area contributed by atoms with E-state index >= 15 is 0 Å². The number of benzene rings is 2. The monoisotopic (exact) mass is 382 g/mol. The molecule has 2 aromatic rings. The molecule has 2 N–H and O–H groups in total. The molecule has 5 nitrogen and oxygen atoms in total. The molecule has 0 radical (unpaired) electrons. The van der Waals surface area contributed by atoms with Crippen molar-refractivity contribution in [2.75, 3.05) is 7.11 Å². The van der Waals surface area contributed by atoms with Crippen LogP contribution < -0.4 is 15.4 Å². The number of rotatable bonds is 7. The average Bonchev–Trinajstić information content (AvgIpc) is 3.50. The molecule has 3 rings (SSSR count). The van der Waals surface area contributed by atoms with Gasteiger partial charge in [0.1, 0.15) is 0 Å². The fourth-order valence-corrected chi connectivity index (χ4v) is 2.71. The Hall–Kier alpha value is -3.15. The third kappa shape index (κ3) is 5.19. The molecule has 1 atom stereocenters. The minimum Gasteiger partial charge on any atom is -0.494 e. The summed E-state index contributed by atoms with van der Waals surface area (Å²) in [6, 6.07) is 11.6. The molecule has 146 valence electrons. The molecule has 1 fully saturated rings. The molecular weight excluding hydrogens is 359 g/mol. The Balaban J connectivity index is 1.55. The standard InChI is InChI=1S/C22H23FN2O3/c1-14(17-8-11-20(28-2)19(23)13-17)24-21(26)12-5-15-3-6-16(7-4-15)22(27)25-18-9-10-18/h3-8,11-14,18H,9-10H2,1-2H3,(H,24,26)(H,25,27)/b12-5+/t14-/m0/s1. The molecule has 1 aliphatic rings. The number of methoxy groups -OCH3 is 1. The van der Waals surface area contributed by atoms with Crippen LogP contribution in [0.1, 0.15) is 47.3 Å². The lowest BCUT2D eigenvalue weighted by atomic mass is 10.1. The lowest BCUT2D eigenvalue weighted by Crippen LogP contribution is -2.25. The fourth-order valence-electron chi connectivity index (χ4n) is 2.71. The topological polar surface area (TPSA) is 67.4 Å². The summed E-state index contributed by atoms with van der Waals surface area (Å²) in [7, 11) is 1.40. The van der Waals surface area contributed by atoms with Crippen LogP contribution in [-0.2, 0) is 4.79 Å². The Morgan fingerprint density at radius 1 is 1.18 bits per heavy atom. The summed E-state index contributed by atoms with van der Waals surface area (Å²) in [4.78, 5) is 24.1. The maximum absolute atomic E-state index is 13.8. The number of halogens is 1. The second-order valence-corrected chi connectivity index (χ2v) is 6.83. The van der Waals surface area contributed by atoms with Gasteiger partial charge < -0.3 is 15.4 Å². The molecule has 1 aliphatic carbocycles. The van der Waals surface area contributed by atoms with Crippen LogP contribution in [-0.4, -0.2) is 25.0 Å². The van der Waals surface area contributed by atoms with Gasteiger partial charge in [0, 0.05) is 17.7 Å². The predicted molar refractivity (Wildman–Crippen MR) is 105 cm³/mol. The molecule has 0 bridgehead atoms. The zero-order chi connectivity index (χ0) is 20.1. The van der Waals surface area contributed by atoms with E-state index in [1.807, 2.05) is 0 Å². The number of amides is 2. The maximum atomic E-state index is 13.8. The van der Waals surface area contributed by atoms with E-state index in [-0.39, 0.29) is 23.6 Å². The zero-order valence-electron chi connectivity index (χ0n) is 15.9. The Bertz CT molecular complexity index is 889. The third-order valence-electron chi connectivity index (χ3n) is 4.55. The highest BCUT2D eigenvalue weighted by atomic mass is 19.1. The van der Waals surface area contributed by atoms with Crippen molar-refractivity contribution in [3.05, 3.63) is 71.0 Å². The molecule has 0 spiro atoms. The summed E-state index contributed by atoms with van der Waals surface area (Å²) in [5.41, 5.74) is 2.05. The minimum atomic E-state index is -0.470. The summed E-state index contributed by atoms with van der Waals surface area (Å²) in [6.07, 6.45) is 5.17. The number of nitrogens with one attached hydrogen (secondary N) is 2. The first-order chi connectivity index (χ1) is 13.5. The molecule has 0 saturated heterocycles. The zero-order valence-corrected chi connectivity index (χ0v) is 15.9. The second kappa shape index (κ2) is 8.69. The van der Waals surface area contributed by atoms with Gasteiger partial charge in [-0.25, -0.2) is 4.39 Å². The van der Waals surface area contributed by atoms with Gasteiger partial charge >= 0.3 is 0 Å².